The van der Waals surface area contributed by atoms with Crippen LogP contribution in [0, 0.1) is 17.3 Å². The highest BCUT2D eigenvalue weighted by atomic mass is 32.1. The van der Waals surface area contributed by atoms with E-state index in [1.807, 2.05) is 51.1 Å². The highest BCUT2D eigenvalue weighted by Crippen LogP contribution is 2.40. The number of nitrogens with zero attached hydrogens (tertiary/aromatic N) is 2. The Morgan fingerprint density at radius 1 is 1.17 bits per heavy atom. The molecule has 1 aliphatic rings. The predicted octanol–water partition coefficient (Wildman–Crippen LogP) is 6.17. The van der Waals surface area contributed by atoms with Gasteiger partial charge in [0.25, 0.3) is 0 Å². The first-order valence-electron chi connectivity index (χ1n) is 9.53. The van der Waals surface area contributed by atoms with E-state index in [2.05, 4.69) is 15.5 Å². The summed E-state index contributed by atoms with van der Waals surface area (Å²) in [5.74, 6) is -2.02. The van der Waals surface area contributed by atoms with E-state index in [0.717, 1.165) is 5.56 Å². The van der Waals surface area contributed by atoms with E-state index in [1.54, 1.807) is 5.38 Å². The summed E-state index contributed by atoms with van der Waals surface area (Å²) >= 11 is 1.17. The minimum Gasteiger partial charge on any atom is -0.299 e. The lowest BCUT2D eigenvalue weighted by Gasteiger charge is -2.36. The van der Waals surface area contributed by atoms with Crippen LogP contribution in [0.1, 0.15) is 40.0 Å². The van der Waals surface area contributed by atoms with Crippen LogP contribution in [0.5, 0.6) is 0 Å². The number of anilines is 1. The van der Waals surface area contributed by atoms with Gasteiger partial charge in [-0.25, -0.2) is 4.98 Å². The number of aromatic nitrogens is 1. The first-order valence-corrected chi connectivity index (χ1v) is 10.4. The van der Waals surface area contributed by atoms with E-state index in [4.69, 9.17) is 0 Å². The van der Waals surface area contributed by atoms with Gasteiger partial charge in [-0.3, -0.25) is 10.2 Å². The number of hydrogen-bond donors (Lipinski definition) is 1. The summed E-state index contributed by atoms with van der Waals surface area (Å²) in [6.07, 6.45) is -3.33. The van der Waals surface area contributed by atoms with E-state index >= 15 is 0 Å². The highest BCUT2D eigenvalue weighted by molar-refractivity contribution is 7.14. The van der Waals surface area contributed by atoms with Crippen molar-refractivity contribution in [2.45, 2.75) is 46.2 Å². The van der Waals surface area contributed by atoms with Crippen LogP contribution in [-0.4, -0.2) is 22.7 Å². The molecule has 29 heavy (non-hydrogen) atoms. The van der Waals surface area contributed by atoms with Crippen molar-refractivity contribution in [2.75, 3.05) is 5.43 Å². The molecule has 0 spiro atoms. The number of alkyl halides is 3. The number of rotatable bonds is 4. The molecule has 3 rings (SSSR count). The van der Waals surface area contributed by atoms with E-state index in [9.17, 15) is 18.0 Å². The standard InChI is InChI=1S/C21H24F3N3OS/c1-20(2,3)15-11-7-10-14(17(15)28)18(21(22,23)24)26-27-19-25-16(12-29-19)13-8-5-4-6-9-13/h4-6,8-9,12,14-15H,7,10-11H2,1-3H3,(H,25,27)/b26-18-/t14-,15-/m0/s1. The third-order valence-electron chi connectivity index (χ3n) is 5.18. The molecule has 2 atom stereocenters. The molecule has 1 aromatic carbocycles. The van der Waals surface area contributed by atoms with Gasteiger partial charge in [0.15, 0.2) is 5.71 Å². The lowest BCUT2D eigenvalue weighted by atomic mass is 9.67. The quantitative estimate of drug-likeness (QED) is 0.472. The molecule has 1 heterocycles. The molecule has 156 valence electrons. The maximum absolute atomic E-state index is 13.7. The van der Waals surface area contributed by atoms with Crippen LogP contribution in [-0.2, 0) is 4.79 Å². The molecular formula is C21H24F3N3OS. The fourth-order valence-electron chi connectivity index (χ4n) is 3.70. The van der Waals surface area contributed by atoms with E-state index < -0.39 is 23.7 Å². The van der Waals surface area contributed by atoms with E-state index in [0.29, 0.717) is 18.5 Å². The lowest BCUT2D eigenvalue weighted by molar-refractivity contribution is -0.132. The Morgan fingerprint density at radius 2 is 1.86 bits per heavy atom. The van der Waals surface area contributed by atoms with Gasteiger partial charge in [-0.2, -0.15) is 18.3 Å². The number of nitrogens with one attached hydrogen (secondary N) is 1. The van der Waals surface area contributed by atoms with Crippen LogP contribution in [0.2, 0.25) is 0 Å². The van der Waals surface area contributed by atoms with Crippen molar-refractivity contribution in [3.8, 4) is 11.3 Å². The number of carbonyl (C=O) groups is 1. The van der Waals surface area contributed by atoms with Gasteiger partial charge in [0.05, 0.1) is 11.6 Å². The molecule has 8 heteroatoms. The summed E-state index contributed by atoms with van der Waals surface area (Å²) in [7, 11) is 0. The van der Waals surface area contributed by atoms with Crippen molar-refractivity contribution in [3.05, 3.63) is 35.7 Å². The summed E-state index contributed by atoms with van der Waals surface area (Å²) in [6, 6.07) is 9.35. The minimum atomic E-state index is -4.69. The molecule has 2 aromatic rings. The van der Waals surface area contributed by atoms with Gasteiger partial charge in [-0.05, 0) is 18.3 Å². The molecule has 0 aliphatic heterocycles. The Bertz CT molecular complexity index is 885. The third kappa shape index (κ3) is 5.04. The van der Waals surface area contributed by atoms with Crippen molar-refractivity contribution in [1.29, 1.82) is 0 Å². The van der Waals surface area contributed by atoms with Gasteiger partial charge in [0.1, 0.15) is 5.78 Å². The van der Waals surface area contributed by atoms with Gasteiger partial charge < -0.3 is 0 Å². The number of halogens is 3. The van der Waals surface area contributed by atoms with Gasteiger partial charge in [0, 0.05) is 16.9 Å². The number of hydrazone groups is 1. The molecule has 0 amide bonds. The number of benzene rings is 1. The summed E-state index contributed by atoms with van der Waals surface area (Å²) in [5, 5.41) is 5.63. The molecule has 4 nitrogen and oxygen atoms in total. The number of thiazole rings is 1. The average Bonchev–Trinajstić information content (AvgIpc) is 3.11. The lowest BCUT2D eigenvalue weighted by Crippen LogP contribution is -2.44. The zero-order valence-electron chi connectivity index (χ0n) is 16.6. The second-order valence-electron chi connectivity index (χ2n) is 8.32. The Morgan fingerprint density at radius 3 is 2.48 bits per heavy atom. The van der Waals surface area contributed by atoms with E-state index in [1.165, 1.54) is 11.3 Å². The smallest absolute Gasteiger partial charge is 0.299 e. The zero-order valence-corrected chi connectivity index (χ0v) is 17.4. The monoisotopic (exact) mass is 423 g/mol. The average molecular weight is 424 g/mol. The SMILES string of the molecule is CC(C)(C)[C@H]1CCC[C@H](/C(=N/Nc2nc(-c3ccccc3)cs2)C(F)(F)F)C1=O. The molecule has 0 unspecified atom stereocenters. The second kappa shape index (κ2) is 8.26. The van der Waals surface area contributed by atoms with Crippen LogP contribution in [0.4, 0.5) is 18.3 Å². The Kier molecular flexibility index (Phi) is 6.12. The van der Waals surface area contributed by atoms with Crippen molar-refractivity contribution in [2.24, 2.45) is 22.4 Å². The molecule has 1 aromatic heterocycles. The largest absolute Gasteiger partial charge is 0.431 e. The van der Waals surface area contributed by atoms with Crippen LogP contribution in [0.25, 0.3) is 11.3 Å². The highest BCUT2D eigenvalue weighted by Gasteiger charge is 2.48. The fourth-order valence-corrected chi connectivity index (χ4v) is 4.36. The van der Waals surface area contributed by atoms with Crippen LogP contribution in [0.3, 0.4) is 0 Å². The van der Waals surface area contributed by atoms with Crippen LogP contribution < -0.4 is 5.43 Å². The summed E-state index contributed by atoms with van der Waals surface area (Å²) < 4.78 is 41.2. The van der Waals surface area contributed by atoms with Crippen LogP contribution in [0.15, 0.2) is 40.8 Å². The minimum absolute atomic E-state index is 0.165. The first kappa shape index (κ1) is 21.5. The molecule has 0 radical (unpaired) electrons. The van der Waals surface area contributed by atoms with Crippen molar-refractivity contribution in [1.82, 2.24) is 4.98 Å². The molecular weight excluding hydrogens is 399 g/mol. The van der Waals surface area contributed by atoms with Gasteiger partial charge >= 0.3 is 6.18 Å². The Balaban J connectivity index is 1.84. The fraction of sp³-hybridized carbons (Fsp3) is 0.476. The third-order valence-corrected chi connectivity index (χ3v) is 5.93. The van der Waals surface area contributed by atoms with Crippen molar-refractivity contribution < 1.29 is 18.0 Å². The van der Waals surface area contributed by atoms with Gasteiger partial charge in [0.2, 0.25) is 5.13 Å². The molecule has 1 aliphatic carbocycles. The molecule has 1 fully saturated rings. The number of carbonyl (C=O) groups excluding carboxylic acids is 1. The number of ketones is 1. The predicted molar refractivity (Wildman–Crippen MR) is 110 cm³/mol. The summed E-state index contributed by atoms with van der Waals surface area (Å²) in [6.45, 7) is 5.67. The normalized spacial score (nSPS) is 21.3. The zero-order chi connectivity index (χ0) is 21.2. The second-order valence-corrected chi connectivity index (χ2v) is 9.17. The molecule has 1 N–H and O–H groups in total. The number of Topliss-reactive ketones (excluding diaryl/α,β-unsaturated/α-hetero) is 1. The molecule has 0 bridgehead atoms. The van der Waals surface area contributed by atoms with Gasteiger partial charge in [-0.15, -0.1) is 11.3 Å². The molecule has 0 saturated heterocycles. The van der Waals surface area contributed by atoms with Crippen molar-refractivity contribution >= 4 is 28.0 Å². The summed E-state index contributed by atoms with van der Waals surface area (Å²) in [5.41, 5.74) is 2.52. The van der Waals surface area contributed by atoms with Crippen molar-refractivity contribution in [3.63, 3.8) is 0 Å². The van der Waals surface area contributed by atoms with Gasteiger partial charge in [-0.1, -0.05) is 57.5 Å². The molecule has 1 saturated carbocycles. The Labute approximate surface area is 172 Å². The van der Waals surface area contributed by atoms with Crippen LogP contribution >= 0.6 is 11.3 Å². The maximum Gasteiger partial charge on any atom is 0.431 e. The Hall–Kier alpha value is -2.22. The maximum atomic E-state index is 13.7. The summed E-state index contributed by atoms with van der Waals surface area (Å²) in [4.78, 5) is 17.1. The van der Waals surface area contributed by atoms with E-state index in [-0.39, 0.29) is 22.8 Å². The topological polar surface area (TPSA) is 54.4 Å². The first-order chi connectivity index (χ1) is 13.6. The number of hydrogen-bond acceptors (Lipinski definition) is 5.